The van der Waals surface area contributed by atoms with E-state index in [0.29, 0.717) is 41.7 Å². The maximum absolute atomic E-state index is 13.5. The summed E-state index contributed by atoms with van der Waals surface area (Å²) < 4.78 is 0.375. The molecule has 0 spiro atoms. The lowest BCUT2D eigenvalue weighted by Crippen LogP contribution is -2.54. The van der Waals surface area contributed by atoms with Crippen molar-refractivity contribution in [3.63, 3.8) is 0 Å². The molecule has 0 saturated carbocycles. The first kappa shape index (κ1) is 26.3. The maximum Gasteiger partial charge on any atom is 0.294 e. The van der Waals surface area contributed by atoms with Crippen molar-refractivity contribution < 1.29 is 19.3 Å². The van der Waals surface area contributed by atoms with Gasteiger partial charge in [-0.2, -0.15) is 0 Å². The number of nitrogens with one attached hydrogen (secondary N) is 3. The molecule has 2 saturated heterocycles. The molecule has 13 heteroatoms. The lowest BCUT2D eigenvalue weighted by atomic mass is 10.0. The number of aromatic nitrogens is 1. The predicted octanol–water partition coefficient (Wildman–Crippen LogP) is 2.47. The molecule has 0 bridgehead atoms. The Bertz CT molecular complexity index is 1240. The maximum atomic E-state index is 13.5. The number of nitrogens with zero attached hydrogens (tertiary/aromatic N) is 4. The fourth-order valence-corrected chi connectivity index (χ4v) is 5.12. The van der Waals surface area contributed by atoms with Gasteiger partial charge in [0.25, 0.3) is 17.5 Å². The van der Waals surface area contributed by atoms with Crippen LogP contribution < -0.4 is 16.0 Å². The fraction of sp³-hybridized carbons (Fsp3) is 0.417. The van der Waals surface area contributed by atoms with Gasteiger partial charge in [-0.25, -0.2) is 0 Å². The third-order valence-electron chi connectivity index (χ3n) is 6.36. The van der Waals surface area contributed by atoms with Crippen molar-refractivity contribution in [2.45, 2.75) is 31.8 Å². The van der Waals surface area contributed by atoms with Crippen LogP contribution >= 0.6 is 15.9 Å². The highest BCUT2D eigenvalue weighted by Crippen LogP contribution is 2.35. The van der Waals surface area contributed by atoms with Gasteiger partial charge in [0, 0.05) is 61.7 Å². The van der Waals surface area contributed by atoms with Crippen molar-refractivity contribution in [1.29, 1.82) is 0 Å². The van der Waals surface area contributed by atoms with Gasteiger partial charge in [0.15, 0.2) is 0 Å². The highest BCUT2D eigenvalue weighted by molar-refractivity contribution is 9.10. The second-order valence-corrected chi connectivity index (χ2v) is 10.1. The number of anilines is 2. The Labute approximate surface area is 222 Å². The number of amides is 3. The number of carbonyl (C=O) groups excluding carboxylic acids is 3. The molecular weight excluding hydrogens is 546 g/mol. The summed E-state index contributed by atoms with van der Waals surface area (Å²) in [6.45, 7) is 2.78. The number of pyridine rings is 1. The average molecular weight is 574 g/mol. The van der Waals surface area contributed by atoms with Crippen molar-refractivity contribution in [2.75, 3.05) is 43.9 Å². The lowest BCUT2D eigenvalue weighted by molar-refractivity contribution is -0.384. The SMILES string of the molecule is CNc1cncc(C(=O)N2CCC[C@@H](Nc3c(C(=O)N4CC(=O)N[C@H](C)C4)cc(Br)cc3[N+](=O)[O-])C2)c1. The molecule has 0 unspecified atom stereocenters. The van der Waals surface area contributed by atoms with E-state index in [9.17, 15) is 24.5 Å². The Kier molecular flexibility index (Phi) is 7.91. The Balaban J connectivity index is 1.61. The molecular formula is C24H28BrN7O5. The van der Waals surface area contributed by atoms with Crippen LogP contribution in [0, 0.1) is 10.1 Å². The highest BCUT2D eigenvalue weighted by Gasteiger charge is 2.33. The van der Waals surface area contributed by atoms with Crippen LogP contribution in [-0.2, 0) is 4.79 Å². The Morgan fingerprint density at radius 3 is 2.68 bits per heavy atom. The van der Waals surface area contributed by atoms with Gasteiger partial charge in [0.2, 0.25) is 5.91 Å². The Morgan fingerprint density at radius 2 is 1.97 bits per heavy atom. The van der Waals surface area contributed by atoms with Gasteiger partial charge in [0.1, 0.15) is 5.69 Å². The van der Waals surface area contributed by atoms with Crippen LogP contribution in [-0.4, -0.2) is 82.7 Å². The number of piperazine rings is 1. The number of piperidine rings is 1. The predicted molar refractivity (Wildman–Crippen MR) is 141 cm³/mol. The number of nitro benzene ring substituents is 1. The van der Waals surface area contributed by atoms with Crippen LogP contribution in [0.5, 0.6) is 0 Å². The van der Waals surface area contributed by atoms with E-state index in [-0.39, 0.29) is 53.9 Å². The molecule has 2 fully saturated rings. The molecule has 3 N–H and O–H groups in total. The molecule has 1 aromatic carbocycles. The Hall–Kier alpha value is -3.74. The van der Waals surface area contributed by atoms with E-state index in [1.165, 1.54) is 23.2 Å². The second kappa shape index (κ2) is 11.1. The summed E-state index contributed by atoms with van der Waals surface area (Å²) in [6.07, 6.45) is 4.46. The summed E-state index contributed by atoms with van der Waals surface area (Å²) in [6, 6.07) is 4.02. The van der Waals surface area contributed by atoms with Crippen LogP contribution in [0.3, 0.4) is 0 Å². The van der Waals surface area contributed by atoms with Crippen molar-refractivity contribution in [1.82, 2.24) is 20.1 Å². The molecule has 37 heavy (non-hydrogen) atoms. The van der Waals surface area contributed by atoms with Gasteiger partial charge in [-0.15, -0.1) is 0 Å². The molecule has 2 atom stereocenters. The summed E-state index contributed by atoms with van der Waals surface area (Å²) in [5, 5.41) is 20.9. The summed E-state index contributed by atoms with van der Waals surface area (Å²) in [4.78, 5) is 57.3. The third kappa shape index (κ3) is 5.98. The van der Waals surface area contributed by atoms with E-state index in [0.717, 1.165) is 0 Å². The first-order valence-electron chi connectivity index (χ1n) is 11.9. The fourth-order valence-electron chi connectivity index (χ4n) is 4.68. The normalized spacial score (nSPS) is 19.7. The molecule has 0 radical (unpaired) electrons. The molecule has 1 aromatic heterocycles. The first-order valence-corrected chi connectivity index (χ1v) is 12.7. The van der Waals surface area contributed by atoms with Crippen LogP contribution in [0.1, 0.15) is 40.5 Å². The monoisotopic (exact) mass is 573 g/mol. The first-order chi connectivity index (χ1) is 17.7. The smallest absolute Gasteiger partial charge is 0.294 e. The van der Waals surface area contributed by atoms with E-state index in [2.05, 4.69) is 36.9 Å². The molecule has 2 aliphatic rings. The Morgan fingerprint density at radius 1 is 1.19 bits per heavy atom. The number of halogens is 1. The topological polar surface area (TPSA) is 150 Å². The molecule has 12 nitrogen and oxygen atoms in total. The minimum absolute atomic E-state index is 0.0787. The number of rotatable bonds is 6. The molecule has 2 aromatic rings. The standard InChI is InChI=1S/C24H28BrN7O5/c1-14-11-31(13-21(33)28-14)24(35)19-7-16(25)8-20(32(36)37)22(19)29-17-4-3-5-30(12-17)23(34)15-6-18(26-2)10-27-9-15/h6-10,14,17,26,29H,3-5,11-13H2,1-2H3,(H,28,33)/t14-,17-/m1/s1. The molecule has 3 heterocycles. The number of likely N-dealkylation sites (tertiary alicyclic amines) is 1. The number of benzene rings is 1. The van der Waals surface area contributed by atoms with Crippen LogP contribution in [0.25, 0.3) is 0 Å². The number of nitro groups is 1. The van der Waals surface area contributed by atoms with Gasteiger partial charge in [-0.1, -0.05) is 15.9 Å². The van der Waals surface area contributed by atoms with Gasteiger partial charge < -0.3 is 25.8 Å². The summed E-state index contributed by atoms with van der Waals surface area (Å²) >= 11 is 3.28. The van der Waals surface area contributed by atoms with Gasteiger partial charge in [-0.3, -0.25) is 29.5 Å². The van der Waals surface area contributed by atoms with Gasteiger partial charge in [-0.05, 0) is 31.9 Å². The molecule has 2 aliphatic heterocycles. The molecule has 196 valence electrons. The van der Waals surface area contributed by atoms with Crippen molar-refractivity contribution in [2.24, 2.45) is 0 Å². The summed E-state index contributed by atoms with van der Waals surface area (Å²) in [5.41, 5.74) is 1.07. The zero-order valence-electron chi connectivity index (χ0n) is 20.5. The summed E-state index contributed by atoms with van der Waals surface area (Å²) in [7, 11) is 1.74. The quantitative estimate of drug-likeness (QED) is 0.352. The van der Waals surface area contributed by atoms with E-state index in [4.69, 9.17) is 0 Å². The van der Waals surface area contributed by atoms with Gasteiger partial charge >= 0.3 is 0 Å². The lowest BCUT2D eigenvalue weighted by Gasteiger charge is -2.35. The van der Waals surface area contributed by atoms with E-state index >= 15 is 0 Å². The van der Waals surface area contributed by atoms with E-state index in [1.807, 2.05) is 0 Å². The van der Waals surface area contributed by atoms with Crippen LogP contribution in [0.15, 0.2) is 35.1 Å². The molecule has 3 amide bonds. The zero-order valence-corrected chi connectivity index (χ0v) is 22.1. The van der Waals surface area contributed by atoms with Crippen molar-refractivity contribution >= 4 is 50.7 Å². The second-order valence-electron chi connectivity index (χ2n) is 9.21. The van der Waals surface area contributed by atoms with Crippen LogP contribution in [0.2, 0.25) is 0 Å². The van der Waals surface area contributed by atoms with Crippen LogP contribution in [0.4, 0.5) is 17.1 Å². The van der Waals surface area contributed by atoms with E-state index < -0.39 is 10.8 Å². The zero-order chi connectivity index (χ0) is 26.7. The van der Waals surface area contributed by atoms with E-state index in [1.54, 1.807) is 31.1 Å². The van der Waals surface area contributed by atoms with Crippen molar-refractivity contribution in [3.05, 3.63) is 56.3 Å². The molecule has 4 rings (SSSR count). The number of hydrogen-bond acceptors (Lipinski definition) is 8. The third-order valence-corrected chi connectivity index (χ3v) is 6.82. The molecule has 0 aliphatic carbocycles. The average Bonchev–Trinajstić information content (AvgIpc) is 2.88. The summed E-state index contributed by atoms with van der Waals surface area (Å²) in [5.74, 6) is -0.956. The minimum atomic E-state index is -0.546. The minimum Gasteiger partial charge on any atom is -0.387 e. The largest absolute Gasteiger partial charge is 0.387 e. The number of carbonyl (C=O) groups is 3. The highest BCUT2D eigenvalue weighted by atomic mass is 79.9. The van der Waals surface area contributed by atoms with Gasteiger partial charge in [0.05, 0.1) is 28.3 Å². The number of hydrogen-bond donors (Lipinski definition) is 3. The van der Waals surface area contributed by atoms with Crippen molar-refractivity contribution in [3.8, 4) is 0 Å².